The van der Waals surface area contributed by atoms with Crippen LogP contribution in [-0.2, 0) is 0 Å². The van der Waals surface area contributed by atoms with Gasteiger partial charge >= 0.3 is 0 Å². The molecule has 0 radical (unpaired) electrons. The van der Waals surface area contributed by atoms with Gasteiger partial charge in [-0.15, -0.1) is 0 Å². The minimum atomic E-state index is -0.215. The van der Waals surface area contributed by atoms with Crippen LogP contribution in [0, 0.1) is 0 Å². The fourth-order valence-corrected chi connectivity index (χ4v) is 7.57. The van der Waals surface area contributed by atoms with Gasteiger partial charge < -0.3 is 4.42 Å². The molecule has 0 aliphatic heterocycles. The largest absolute Gasteiger partial charge is 0.456 e. The Balaban J connectivity index is 1.25. The van der Waals surface area contributed by atoms with Crippen LogP contribution in [-0.4, -0.2) is 0 Å². The predicted molar refractivity (Wildman–Crippen MR) is 192 cm³/mol. The van der Waals surface area contributed by atoms with Crippen molar-refractivity contribution in [3.05, 3.63) is 145 Å². The topological polar surface area (TPSA) is 13.1 Å². The lowest BCUT2D eigenvalue weighted by molar-refractivity contribution is 0.669. The molecule has 1 heteroatoms. The monoisotopic (exact) mass is 574 g/mol. The Labute approximate surface area is 266 Å². The quantitative estimate of drug-likeness (QED) is 0.187. The van der Waals surface area contributed by atoms with Gasteiger partial charge in [-0.3, -0.25) is 0 Å². The third-order valence-corrected chi connectivity index (χ3v) is 9.61. The van der Waals surface area contributed by atoms with Crippen LogP contribution in [0.5, 0.6) is 0 Å². The van der Waals surface area contributed by atoms with Gasteiger partial charge in [-0.2, -0.15) is 0 Å². The number of fused-ring (bicyclic) bond motifs is 3. The average Bonchev–Trinajstić information content (AvgIpc) is 3.57. The van der Waals surface area contributed by atoms with Crippen molar-refractivity contribution in [1.82, 2.24) is 0 Å². The normalized spacial score (nSPS) is 14.3. The van der Waals surface area contributed by atoms with Gasteiger partial charge in [-0.1, -0.05) is 121 Å². The Morgan fingerprint density at radius 3 is 1.18 bits per heavy atom. The molecule has 0 bridgehead atoms. The zero-order chi connectivity index (χ0) is 34.4. The summed E-state index contributed by atoms with van der Waals surface area (Å²) in [5.41, 5.74) is 1.83. The summed E-state index contributed by atoms with van der Waals surface area (Å²) in [4.78, 5) is 0. The molecule has 1 nitrogen and oxygen atoms in total. The molecule has 206 valence electrons. The lowest BCUT2D eigenvalue weighted by Gasteiger charge is -2.14. The molecule has 0 aliphatic rings. The highest BCUT2D eigenvalue weighted by Crippen LogP contribution is 2.43. The van der Waals surface area contributed by atoms with E-state index in [1.54, 1.807) is 0 Å². The number of rotatable bonds is 2. The maximum Gasteiger partial charge on any atom is 0.135 e. The minimum Gasteiger partial charge on any atom is -0.456 e. The maximum atomic E-state index is 9.66. The summed E-state index contributed by atoms with van der Waals surface area (Å²) in [5, 5.41) is 13.0. The van der Waals surface area contributed by atoms with Crippen LogP contribution in [0.25, 0.3) is 109 Å². The van der Waals surface area contributed by atoms with Crippen molar-refractivity contribution < 1.29 is 12.6 Å². The minimum absolute atomic E-state index is 0.0182. The van der Waals surface area contributed by atoms with Crippen molar-refractivity contribution >= 4 is 86.6 Å². The van der Waals surface area contributed by atoms with Crippen LogP contribution in [0.3, 0.4) is 0 Å². The summed E-state index contributed by atoms with van der Waals surface area (Å²) < 4.78 is 62.1. The molecule has 0 atom stereocenters. The molecular weight excluding hydrogens is 544 g/mol. The highest BCUT2D eigenvalue weighted by Gasteiger charge is 2.16. The van der Waals surface area contributed by atoms with E-state index in [-0.39, 0.29) is 69.3 Å². The lowest BCUT2D eigenvalue weighted by atomic mass is 9.89. The summed E-state index contributed by atoms with van der Waals surface area (Å²) in [6.45, 7) is 0. The third kappa shape index (κ3) is 3.12. The van der Waals surface area contributed by atoms with Gasteiger partial charge in [0, 0.05) is 10.8 Å². The highest BCUT2D eigenvalue weighted by atomic mass is 16.3. The first kappa shape index (κ1) is 18.7. The number of furan rings is 1. The smallest absolute Gasteiger partial charge is 0.135 e. The van der Waals surface area contributed by atoms with Crippen molar-refractivity contribution in [3.8, 4) is 22.3 Å². The molecule has 0 saturated heterocycles. The first-order chi connectivity index (χ1) is 24.8. The Morgan fingerprint density at radius 2 is 0.733 bits per heavy atom. The van der Waals surface area contributed by atoms with Crippen molar-refractivity contribution in [2.75, 3.05) is 0 Å². The molecule has 10 aromatic carbocycles. The third-order valence-electron chi connectivity index (χ3n) is 9.61. The van der Waals surface area contributed by atoms with Crippen LogP contribution in [0.2, 0.25) is 0 Å². The fraction of sp³-hybridized carbons (Fsp3) is 0. The van der Waals surface area contributed by atoms with E-state index in [1.165, 1.54) is 0 Å². The van der Waals surface area contributed by atoms with E-state index in [2.05, 4.69) is 60.7 Å². The van der Waals surface area contributed by atoms with E-state index in [0.717, 1.165) is 64.6 Å². The van der Waals surface area contributed by atoms with Crippen molar-refractivity contribution in [1.29, 1.82) is 0 Å². The second-order valence-corrected chi connectivity index (χ2v) is 11.9. The van der Waals surface area contributed by atoms with Gasteiger partial charge in [-0.25, -0.2) is 0 Å². The molecule has 0 aliphatic carbocycles. The van der Waals surface area contributed by atoms with E-state index in [0.29, 0.717) is 11.1 Å². The molecule has 11 rings (SSSR count). The number of hydrogen-bond acceptors (Lipinski definition) is 1. The molecule has 0 saturated carbocycles. The Kier molecular flexibility index (Phi) is 3.48. The SMILES string of the molecule is [2H]c1c(-c2ccc3ccc4cccc5ccc2c3c45)c([2H])c2c(oc3c([2H])c([2H])c(-c4ccc5ccc6cccc7ccc4c5c67)c([2H])c32)c1[2H]. The zero-order valence-corrected chi connectivity index (χ0v) is 23.8. The summed E-state index contributed by atoms with van der Waals surface area (Å²) >= 11 is 0. The van der Waals surface area contributed by atoms with Gasteiger partial charge in [0.2, 0.25) is 0 Å². The van der Waals surface area contributed by atoms with Gasteiger partial charge in [0.1, 0.15) is 11.2 Å². The van der Waals surface area contributed by atoms with Gasteiger partial charge in [0.05, 0.1) is 8.22 Å². The second kappa shape index (κ2) is 8.37. The van der Waals surface area contributed by atoms with E-state index in [4.69, 9.17) is 7.16 Å². The van der Waals surface area contributed by atoms with Gasteiger partial charge in [0.15, 0.2) is 0 Å². The maximum absolute atomic E-state index is 9.66. The molecule has 1 heterocycles. The molecule has 0 unspecified atom stereocenters. The summed E-state index contributed by atoms with van der Waals surface area (Å²) in [5.74, 6) is 0. The molecular formula is C44H24O. The summed E-state index contributed by atoms with van der Waals surface area (Å²) in [6.07, 6.45) is 0. The molecule has 0 N–H and O–H groups in total. The van der Waals surface area contributed by atoms with Crippen LogP contribution >= 0.6 is 0 Å². The molecule has 11 aromatic rings. The Hall–Kier alpha value is -5.92. The second-order valence-electron chi connectivity index (χ2n) is 11.9. The standard InChI is InChI=1S/C44H24O/c1-3-25-7-9-29-11-17-33(35-19-13-27(5-1)41(25)43(29)35)31-15-21-39-37(23-31)38-24-32(16-22-40(38)45-39)34-18-12-30-10-8-26-4-2-6-28-14-20-36(34)44(30)42(26)28/h1-24H/i15D,16D,21D,22D,23D,24D. The van der Waals surface area contributed by atoms with E-state index in [1.807, 2.05) is 48.5 Å². The zero-order valence-electron chi connectivity index (χ0n) is 29.8. The number of benzene rings is 10. The molecule has 1 aromatic heterocycles. The highest BCUT2D eigenvalue weighted by molar-refractivity contribution is 6.27. The Bertz CT molecular complexity index is 3070. The van der Waals surface area contributed by atoms with Crippen molar-refractivity contribution in [2.24, 2.45) is 0 Å². The predicted octanol–water partition coefficient (Wildman–Crippen LogP) is 12.7. The van der Waals surface area contributed by atoms with Crippen molar-refractivity contribution in [3.63, 3.8) is 0 Å². The molecule has 45 heavy (non-hydrogen) atoms. The first-order valence-corrected chi connectivity index (χ1v) is 15.1. The van der Waals surface area contributed by atoms with E-state index < -0.39 is 0 Å². The van der Waals surface area contributed by atoms with Crippen LogP contribution in [0.15, 0.2) is 150 Å². The van der Waals surface area contributed by atoms with Crippen LogP contribution < -0.4 is 0 Å². The average molecular weight is 575 g/mol. The summed E-state index contributed by atoms with van der Waals surface area (Å²) in [7, 11) is 0. The van der Waals surface area contributed by atoms with E-state index in [9.17, 15) is 5.48 Å². The summed E-state index contributed by atoms with van der Waals surface area (Å²) in [6, 6.07) is 36.0. The fourth-order valence-electron chi connectivity index (χ4n) is 7.57. The van der Waals surface area contributed by atoms with Crippen LogP contribution in [0.4, 0.5) is 0 Å². The Morgan fingerprint density at radius 1 is 0.356 bits per heavy atom. The number of hydrogen-bond donors (Lipinski definition) is 0. The lowest BCUT2D eigenvalue weighted by Crippen LogP contribution is -1.87. The van der Waals surface area contributed by atoms with Gasteiger partial charge in [0.25, 0.3) is 0 Å². The first-order valence-electron chi connectivity index (χ1n) is 18.1. The molecule has 0 fully saturated rings. The van der Waals surface area contributed by atoms with Gasteiger partial charge in [-0.05, 0) is 111 Å². The molecule has 0 spiro atoms. The molecule has 0 amide bonds. The van der Waals surface area contributed by atoms with Crippen LogP contribution in [0.1, 0.15) is 8.22 Å². The van der Waals surface area contributed by atoms with E-state index >= 15 is 0 Å². The van der Waals surface area contributed by atoms with Crippen molar-refractivity contribution in [2.45, 2.75) is 0 Å².